The molecule has 9 aliphatic rings. The molecule has 164 valence electrons. The molecule has 9 rings (SSSR count). The number of aliphatic hydroxyl groups excluding tert-OH is 1. The molecule has 2 saturated carbocycles. The van der Waals surface area contributed by atoms with Crippen LogP contribution in [0.2, 0.25) is 0 Å². The summed E-state index contributed by atoms with van der Waals surface area (Å²) in [5, 5.41) is 10.8. The molecule has 5 saturated heterocycles. The van der Waals surface area contributed by atoms with E-state index in [4.69, 9.17) is 9.47 Å². The molecule has 7 aliphatic heterocycles. The third-order valence-electron chi connectivity index (χ3n) is 10.1. The molecule has 0 aromatic heterocycles. The lowest BCUT2D eigenvalue weighted by molar-refractivity contribution is -0.176. The molecule has 1 N–H and O–H groups in total. The molecule has 7 nitrogen and oxygen atoms in total. The predicted molar refractivity (Wildman–Crippen MR) is 108 cm³/mol. The van der Waals surface area contributed by atoms with E-state index in [2.05, 4.69) is 9.80 Å². The van der Waals surface area contributed by atoms with Gasteiger partial charge >= 0.3 is 11.9 Å². The van der Waals surface area contributed by atoms with Gasteiger partial charge in [-0.1, -0.05) is 0 Å². The highest BCUT2D eigenvalue weighted by molar-refractivity contribution is 5.95. The van der Waals surface area contributed by atoms with E-state index in [0.29, 0.717) is 6.42 Å². The van der Waals surface area contributed by atoms with E-state index in [-0.39, 0.29) is 42.0 Å². The molecule has 0 aromatic rings. The van der Waals surface area contributed by atoms with Gasteiger partial charge in [-0.05, 0) is 62.8 Å². The summed E-state index contributed by atoms with van der Waals surface area (Å²) in [7, 11) is 0. The van der Waals surface area contributed by atoms with Crippen LogP contribution in [0.15, 0.2) is 22.8 Å². The van der Waals surface area contributed by atoms with Gasteiger partial charge in [-0.15, -0.1) is 0 Å². The Labute approximate surface area is 181 Å². The minimum absolute atomic E-state index is 0.0604. The summed E-state index contributed by atoms with van der Waals surface area (Å²) >= 11 is 0. The average molecular weight is 424 g/mol. The molecule has 8 atom stereocenters. The highest BCUT2D eigenvalue weighted by Gasteiger charge is 2.69. The number of nitrogens with zero attached hydrogens (tertiary/aromatic N) is 2. The largest absolute Gasteiger partial charge is 0.450 e. The van der Waals surface area contributed by atoms with Crippen LogP contribution < -0.4 is 0 Å². The molecular formula is C24H28N2O5. The van der Waals surface area contributed by atoms with E-state index in [0.717, 1.165) is 69.2 Å². The number of aliphatic hydroxyl groups is 1. The summed E-state index contributed by atoms with van der Waals surface area (Å²) in [6, 6.07) is 0.806. The number of hydrogen-bond donors (Lipinski definition) is 1. The number of hydrogen-bond acceptors (Lipinski definition) is 7. The van der Waals surface area contributed by atoms with Crippen LogP contribution >= 0.6 is 0 Å². The van der Waals surface area contributed by atoms with E-state index in [1.54, 1.807) is 6.08 Å². The van der Waals surface area contributed by atoms with Crippen molar-refractivity contribution in [3.05, 3.63) is 22.8 Å². The number of rotatable bonds is 1. The third kappa shape index (κ3) is 1.87. The molecule has 7 heteroatoms. The van der Waals surface area contributed by atoms with Crippen LogP contribution in [0.1, 0.15) is 51.4 Å². The Morgan fingerprint density at radius 2 is 1.68 bits per heavy atom. The Morgan fingerprint density at radius 1 is 0.935 bits per heavy atom. The first-order valence-corrected chi connectivity index (χ1v) is 12.1. The second-order valence-electron chi connectivity index (χ2n) is 11.1. The summed E-state index contributed by atoms with van der Waals surface area (Å²) < 4.78 is 12.3. The fourth-order valence-electron chi connectivity index (χ4n) is 9.20. The molecule has 7 heterocycles. The summed E-state index contributed by atoms with van der Waals surface area (Å²) in [5.74, 6) is -0.319. The number of piperidine rings is 2. The van der Waals surface area contributed by atoms with Crippen LogP contribution in [-0.4, -0.2) is 81.4 Å². The molecule has 1 unspecified atom stereocenters. The van der Waals surface area contributed by atoms with Crippen LogP contribution in [-0.2, 0) is 19.1 Å². The monoisotopic (exact) mass is 424 g/mol. The Hall–Kier alpha value is -1.70. The minimum atomic E-state index is -0.634. The van der Waals surface area contributed by atoms with Crippen LogP contribution in [0.3, 0.4) is 0 Å². The van der Waals surface area contributed by atoms with Gasteiger partial charge in [0.15, 0.2) is 11.2 Å². The van der Waals surface area contributed by atoms with E-state index in [9.17, 15) is 14.7 Å². The number of esters is 2. The van der Waals surface area contributed by atoms with E-state index >= 15 is 0 Å². The second-order valence-corrected chi connectivity index (χ2v) is 11.1. The zero-order valence-electron chi connectivity index (χ0n) is 17.6. The molecule has 2 spiro atoms. The van der Waals surface area contributed by atoms with Crippen molar-refractivity contribution in [2.24, 2.45) is 5.92 Å². The number of carbonyl (C=O) groups is 2. The summed E-state index contributed by atoms with van der Waals surface area (Å²) in [5.41, 5.74) is 2.07. The summed E-state index contributed by atoms with van der Waals surface area (Å²) in [6.07, 6.45) is 8.40. The van der Waals surface area contributed by atoms with Gasteiger partial charge in [0.25, 0.3) is 0 Å². The lowest BCUT2D eigenvalue weighted by Gasteiger charge is -2.56. The first-order valence-electron chi connectivity index (χ1n) is 12.1. The van der Waals surface area contributed by atoms with E-state index in [1.165, 1.54) is 5.57 Å². The maximum Gasteiger partial charge on any atom is 0.335 e. The molecule has 0 radical (unpaired) electrons. The molecule has 7 fully saturated rings. The number of carbonyl (C=O) groups excluding carboxylic acids is 2. The van der Waals surface area contributed by atoms with Crippen LogP contribution in [0.25, 0.3) is 0 Å². The van der Waals surface area contributed by atoms with Gasteiger partial charge in [-0.3, -0.25) is 9.80 Å². The maximum absolute atomic E-state index is 13.5. The van der Waals surface area contributed by atoms with Crippen LogP contribution in [0.4, 0.5) is 0 Å². The molecule has 4 bridgehead atoms. The Morgan fingerprint density at radius 3 is 2.48 bits per heavy atom. The van der Waals surface area contributed by atoms with Crippen molar-refractivity contribution in [1.29, 1.82) is 0 Å². The number of fused-ring (bicyclic) bond motifs is 4. The van der Waals surface area contributed by atoms with Crippen molar-refractivity contribution < 1.29 is 24.2 Å². The third-order valence-corrected chi connectivity index (χ3v) is 10.1. The van der Waals surface area contributed by atoms with Gasteiger partial charge in [-0.25, -0.2) is 9.59 Å². The minimum Gasteiger partial charge on any atom is -0.450 e. The lowest BCUT2D eigenvalue weighted by atomic mass is 9.63. The fourth-order valence-corrected chi connectivity index (χ4v) is 9.20. The molecule has 0 aromatic carbocycles. The average Bonchev–Trinajstić information content (AvgIpc) is 3.51. The molecular weight excluding hydrogens is 396 g/mol. The lowest BCUT2D eigenvalue weighted by Crippen LogP contribution is -2.68. The first kappa shape index (κ1) is 17.8. The van der Waals surface area contributed by atoms with Crippen molar-refractivity contribution in [2.75, 3.05) is 13.1 Å². The van der Waals surface area contributed by atoms with Crippen molar-refractivity contribution >= 4 is 11.9 Å². The highest BCUT2D eigenvalue weighted by Crippen LogP contribution is 2.62. The fraction of sp³-hybridized carbons (Fsp3) is 0.750. The number of ether oxygens (including phenoxy) is 2. The van der Waals surface area contributed by atoms with E-state index < -0.39 is 17.3 Å². The van der Waals surface area contributed by atoms with Crippen LogP contribution in [0, 0.1) is 5.92 Å². The van der Waals surface area contributed by atoms with Gasteiger partial charge in [0, 0.05) is 42.5 Å². The van der Waals surface area contributed by atoms with Gasteiger partial charge in [0.2, 0.25) is 0 Å². The van der Waals surface area contributed by atoms with Gasteiger partial charge in [-0.2, -0.15) is 0 Å². The van der Waals surface area contributed by atoms with E-state index in [1.807, 2.05) is 0 Å². The summed E-state index contributed by atoms with van der Waals surface area (Å²) in [4.78, 5) is 30.8. The Balaban J connectivity index is 1.27. The Bertz CT molecular complexity index is 1000. The second kappa shape index (κ2) is 5.43. The van der Waals surface area contributed by atoms with Gasteiger partial charge in [0.05, 0.1) is 18.2 Å². The van der Waals surface area contributed by atoms with Crippen molar-refractivity contribution in [2.45, 2.75) is 92.8 Å². The van der Waals surface area contributed by atoms with Gasteiger partial charge in [0.1, 0.15) is 0 Å². The van der Waals surface area contributed by atoms with Crippen molar-refractivity contribution in [1.82, 2.24) is 9.80 Å². The topological polar surface area (TPSA) is 79.3 Å². The molecule has 31 heavy (non-hydrogen) atoms. The highest BCUT2D eigenvalue weighted by atomic mass is 16.6. The predicted octanol–water partition coefficient (Wildman–Crippen LogP) is 1.06. The maximum atomic E-state index is 13.5. The molecule has 2 aliphatic carbocycles. The molecule has 0 amide bonds. The smallest absolute Gasteiger partial charge is 0.335 e. The summed E-state index contributed by atoms with van der Waals surface area (Å²) in [6.45, 7) is 2.00. The zero-order valence-corrected chi connectivity index (χ0v) is 17.6. The first-order chi connectivity index (χ1) is 15.0. The van der Waals surface area contributed by atoms with Crippen molar-refractivity contribution in [3.8, 4) is 0 Å². The Kier molecular flexibility index (Phi) is 3.12. The SMILES string of the molecule is O=C1C=C2C[C@H](C3=C4C[C@@H]5[C@H](O)CC4(OC3=O)[C@H]3CCCN53)[C@@H]3C[C@@]2(O1)[C@H]1CCCN31. The standard InChI is InChI=1S/C24H28N2O5/c27-17-11-24-14(9-15(17)25-5-2-4-19(24)25)21(22(29)31-24)13-7-12-8-20(28)30-23(12)10-16(13)26-6-1-3-18(23)26/h8,13,15-19,27H,1-7,9-11H2/t13-,15+,16-,17+,18+,19+,23-,24?/m0/s1. The van der Waals surface area contributed by atoms with Crippen molar-refractivity contribution in [3.63, 3.8) is 0 Å². The quantitative estimate of drug-likeness (QED) is 0.631. The van der Waals surface area contributed by atoms with Crippen LogP contribution in [0.5, 0.6) is 0 Å². The normalized spacial score (nSPS) is 52.1. The van der Waals surface area contributed by atoms with Gasteiger partial charge < -0.3 is 14.6 Å². The zero-order chi connectivity index (χ0) is 20.7.